The number of nitrogens with zero attached hydrogens (tertiary/aromatic N) is 1. The number of hydrogen-bond acceptors (Lipinski definition) is 2. The van der Waals surface area contributed by atoms with E-state index >= 15 is 0 Å². The zero-order valence-electron chi connectivity index (χ0n) is 10.3. The fourth-order valence-corrected chi connectivity index (χ4v) is 3.61. The summed E-state index contributed by atoms with van der Waals surface area (Å²) in [5, 5.41) is 8.92. The first-order chi connectivity index (χ1) is 6.82. The van der Waals surface area contributed by atoms with Crippen molar-refractivity contribution >= 4 is 14.2 Å². The van der Waals surface area contributed by atoms with Crippen LogP contribution in [0.5, 0.6) is 0 Å². The van der Waals surface area contributed by atoms with Gasteiger partial charge in [-0.25, -0.2) is 0 Å². The van der Waals surface area contributed by atoms with E-state index in [9.17, 15) is 4.79 Å². The van der Waals surface area contributed by atoms with Crippen molar-refractivity contribution in [1.29, 1.82) is 0 Å². The molecule has 4 heteroatoms. The quantitative estimate of drug-likeness (QED) is 0.756. The van der Waals surface area contributed by atoms with Crippen molar-refractivity contribution in [2.24, 2.45) is 5.92 Å². The molecule has 0 radical (unpaired) electrons. The summed E-state index contributed by atoms with van der Waals surface area (Å²) in [7, 11) is 0.995. The Kier molecular flexibility index (Phi) is 3.95. The van der Waals surface area contributed by atoms with Crippen LogP contribution in [0.2, 0.25) is 19.6 Å². The van der Waals surface area contributed by atoms with E-state index in [-0.39, 0.29) is 5.92 Å². The molecule has 1 saturated carbocycles. The third kappa shape index (κ3) is 3.31. The molecule has 88 valence electrons. The Labute approximate surface area is 93.6 Å². The van der Waals surface area contributed by atoms with Crippen LogP contribution in [0.15, 0.2) is 0 Å². The van der Waals surface area contributed by atoms with Crippen molar-refractivity contribution < 1.29 is 9.90 Å². The molecule has 1 N–H and O–H groups in total. The van der Waals surface area contributed by atoms with Gasteiger partial charge in [-0.1, -0.05) is 19.6 Å². The monoisotopic (exact) mass is 229 g/mol. The SMILES string of the molecule is CN(C1CCC(C(=O)O)CC1)[Si](C)(C)C. The summed E-state index contributed by atoms with van der Waals surface area (Å²) in [6.07, 6.45) is 3.82. The van der Waals surface area contributed by atoms with Crippen LogP contribution in [0.3, 0.4) is 0 Å². The molecule has 0 heterocycles. The molecule has 3 nitrogen and oxygen atoms in total. The first-order valence-corrected chi connectivity index (χ1v) is 9.23. The van der Waals surface area contributed by atoms with Crippen molar-refractivity contribution in [2.45, 2.75) is 51.4 Å². The number of carboxylic acid groups (broad SMARTS) is 1. The summed E-state index contributed by atoms with van der Waals surface area (Å²) in [6.45, 7) is 7.03. The Bertz CT molecular complexity index is 229. The molecular formula is C11H23NO2Si. The van der Waals surface area contributed by atoms with Crippen LogP contribution in [0.1, 0.15) is 25.7 Å². The average Bonchev–Trinajstić information content (AvgIpc) is 2.15. The molecule has 1 fully saturated rings. The maximum Gasteiger partial charge on any atom is 0.306 e. The van der Waals surface area contributed by atoms with Gasteiger partial charge in [-0.2, -0.15) is 0 Å². The molecule has 0 saturated heterocycles. The van der Waals surface area contributed by atoms with E-state index in [1.54, 1.807) is 0 Å². The fraction of sp³-hybridized carbons (Fsp3) is 0.909. The van der Waals surface area contributed by atoms with Gasteiger partial charge in [0.25, 0.3) is 0 Å². The van der Waals surface area contributed by atoms with Crippen LogP contribution in [0.4, 0.5) is 0 Å². The standard InChI is InChI=1S/C11H23NO2Si/c1-12(15(2,3)4)10-7-5-9(6-8-10)11(13)14/h9-10H,5-8H2,1-4H3,(H,13,14). The molecule has 0 aliphatic heterocycles. The van der Waals surface area contributed by atoms with Gasteiger partial charge in [-0.3, -0.25) is 4.79 Å². The number of aliphatic carboxylic acids is 1. The lowest BCUT2D eigenvalue weighted by atomic mass is 9.86. The molecule has 0 atom stereocenters. The van der Waals surface area contributed by atoms with Crippen LogP contribution in [-0.2, 0) is 4.79 Å². The zero-order chi connectivity index (χ0) is 11.6. The van der Waals surface area contributed by atoms with Gasteiger partial charge >= 0.3 is 5.97 Å². The van der Waals surface area contributed by atoms with Crippen molar-refractivity contribution in [2.75, 3.05) is 7.05 Å². The van der Waals surface area contributed by atoms with Gasteiger partial charge in [0, 0.05) is 6.04 Å². The first kappa shape index (κ1) is 12.7. The molecule has 0 aromatic heterocycles. The molecule has 1 aliphatic rings. The predicted octanol–water partition coefficient (Wildman–Crippen LogP) is 2.40. The molecule has 0 aromatic carbocycles. The summed E-state index contributed by atoms with van der Waals surface area (Å²) in [5.41, 5.74) is 0. The number of carboxylic acids is 1. The highest BCUT2D eigenvalue weighted by Gasteiger charge is 2.32. The summed E-state index contributed by atoms with van der Waals surface area (Å²) >= 11 is 0. The maximum absolute atomic E-state index is 10.8. The highest BCUT2D eigenvalue weighted by molar-refractivity contribution is 6.73. The van der Waals surface area contributed by atoms with Crippen LogP contribution >= 0.6 is 0 Å². The van der Waals surface area contributed by atoms with Crippen LogP contribution in [0.25, 0.3) is 0 Å². The molecular weight excluding hydrogens is 206 g/mol. The highest BCUT2D eigenvalue weighted by Crippen LogP contribution is 2.29. The van der Waals surface area contributed by atoms with E-state index in [2.05, 4.69) is 31.3 Å². The van der Waals surface area contributed by atoms with Crippen molar-refractivity contribution in [3.05, 3.63) is 0 Å². The molecule has 1 rings (SSSR count). The third-order valence-corrected chi connectivity index (χ3v) is 6.13. The highest BCUT2D eigenvalue weighted by atomic mass is 28.3. The van der Waals surface area contributed by atoms with Crippen LogP contribution < -0.4 is 0 Å². The first-order valence-electron chi connectivity index (χ1n) is 5.78. The smallest absolute Gasteiger partial charge is 0.306 e. The number of rotatable bonds is 3. The molecule has 0 unspecified atom stereocenters. The molecule has 1 aliphatic carbocycles. The second kappa shape index (κ2) is 4.66. The van der Waals surface area contributed by atoms with E-state index in [4.69, 9.17) is 5.11 Å². The van der Waals surface area contributed by atoms with Gasteiger partial charge in [0.15, 0.2) is 0 Å². The van der Waals surface area contributed by atoms with Crippen molar-refractivity contribution in [3.8, 4) is 0 Å². The molecule has 0 aromatic rings. The molecule has 15 heavy (non-hydrogen) atoms. The van der Waals surface area contributed by atoms with Crippen molar-refractivity contribution in [3.63, 3.8) is 0 Å². The van der Waals surface area contributed by atoms with Gasteiger partial charge in [0.05, 0.1) is 5.92 Å². The largest absolute Gasteiger partial charge is 0.481 e. The third-order valence-electron chi connectivity index (χ3n) is 3.65. The van der Waals surface area contributed by atoms with E-state index in [1.165, 1.54) is 0 Å². The van der Waals surface area contributed by atoms with E-state index in [0.717, 1.165) is 25.7 Å². The van der Waals surface area contributed by atoms with Gasteiger partial charge in [0.1, 0.15) is 8.24 Å². The Morgan fingerprint density at radius 2 is 1.67 bits per heavy atom. The van der Waals surface area contributed by atoms with Crippen LogP contribution in [0, 0.1) is 5.92 Å². The molecule has 0 bridgehead atoms. The summed E-state index contributed by atoms with van der Waals surface area (Å²) < 4.78 is 2.52. The Morgan fingerprint density at radius 3 is 2.00 bits per heavy atom. The minimum Gasteiger partial charge on any atom is -0.481 e. The topological polar surface area (TPSA) is 40.5 Å². The number of carbonyl (C=O) groups is 1. The number of hydrogen-bond donors (Lipinski definition) is 1. The lowest BCUT2D eigenvalue weighted by molar-refractivity contribution is -0.143. The zero-order valence-corrected chi connectivity index (χ0v) is 11.3. The fourth-order valence-electron chi connectivity index (χ4n) is 2.26. The summed E-state index contributed by atoms with van der Waals surface area (Å²) in [4.78, 5) is 10.8. The second-order valence-corrected chi connectivity index (χ2v) is 10.7. The predicted molar refractivity (Wildman–Crippen MR) is 64.5 cm³/mol. The van der Waals surface area contributed by atoms with Crippen LogP contribution in [-0.4, -0.2) is 37.0 Å². The van der Waals surface area contributed by atoms with Gasteiger partial charge in [-0.05, 0) is 32.7 Å². The van der Waals surface area contributed by atoms with E-state index in [1.807, 2.05) is 0 Å². The normalized spacial score (nSPS) is 28.1. The summed E-state index contributed by atoms with van der Waals surface area (Å²) in [6, 6.07) is 0.618. The molecule has 0 spiro atoms. The minimum absolute atomic E-state index is 0.0868. The summed E-state index contributed by atoms with van der Waals surface area (Å²) in [5.74, 6) is -0.694. The van der Waals surface area contributed by atoms with Crippen molar-refractivity contribution in [1.82, 2.24) is 4.57 Å². The lowest BCUT2D eigenvalue weighted by Crippen LogP contribution is -2.50. The van der Waals surface area contributed by atoms with Gasteiger partial charge in [-0.15, -0.1) is 0 Å². The van der Waals surface area contributed by atoms with E-state index in [0.29, 0.717) is 6.04 Å². The Morgan fingerprint density at radius 1 is 1.20 bits per heavy atom. The maximum atomic E-state index is 10.8. The Hall–Kier alpha value is -0.353. The van der Waals surface area contributed by atoms with Gasteiger partial charge in [0.2, 0.25) is 0 Å². The van der Waals surface area contributed by atoms with Gasteiger partial charge < -0.3 is 9.67 Å². The second-order valence-electron chi connectivity index (χ2n) is 5.63. The van der Waals surface area contributed by atoms with E-state index < -0.39 is 14.2 Å². The Balaban J connectivity index is 2.47. The molecule has 0 amide bonds. The lowest BCUT2D eigenvalue weighted by Gasteiger charge is -2.40. The minimum atomic E-state index is -1.21. The average molecular weight is 229 g/mol.